The molecular formula is C18H23Cl2N3O3. The lowest BCUT2D eigenvalue weighted by Crippen LogP contribution is -2.46. The van der Waals surface area contributed by atoms with Gasteiger partial charge in [-0.05, 0) is 49.2 Å². The SMILES string of the molecule is Cl.Cl.NCC1(C(=O)Nc2ccc(Oc3ccncc3)cc2)CCOCC1. The van der Waals surface area contributed by atoms with Crippen molar-refractivity contribution in [3.8, 4) is 11.5 Å². The molecule has 0 atom stereocenters. The minimum Gasteiger partial charge on any atom is -0.457 e. The van der Waals surface area contributed by atoms with Crippen molar-refractivity contribution < 1.29 is 14.3 Å². The molecule has 2 aromatic rings. The molecule has 0 saturated carbocycles. The molecule has 0 spiro atoms. The fourth-order valence-corrected chi connectivity index (χ4v) is 2.70. The molecule has 0 unspecified atom stereocenters. The van der Waals surface area contributed by atoms with Gasteiger partial charge in [-0.25, -0.2) is 0 Å². The van der Waals surface area contributed by atoms with Gasteiger partial charge in [0, 0.05) is 37.8 Å². The molecule has 1 fully saturated rings. The third-order valence-corrected chi connectivity index (χ3v) is 4.32. The summed E-state index contributed by atoms with van der Waals surface area (Å²) < 4.78 is 11.0. The molecule has 1 aromatic carbocycles. The van der Waals surface area contributed by atoms with Gasteiger partial charge in [0.25, 0.3) is 0 Å². The number of hydrogen-bond donors (Lipinski definition) is 2. The van der Waals surface area contributed by atoms with Crippen LogP contribution in [0.25, 0.3) is 0 Å². The molecule has 0 bridgehead atoms. The highest BCUT2D eigenvalue weighted by Crippen LogP contribution is 2.31. The second-order valence-electron chi connectivity index (χ2n) is 5.86. The molecule has 1 aliphatic heterocycles. The number of carbonyl (C=O) groups excluding carboxylic acids is 1. The van der Waals surface area contributed by atoms with Crippen LogP contribution in [0.5, 0.6) is 11.5 Å². The highest BCUT2D eigenvalue weighted by molar-refractivity contribution is 5.95. The van der Waals surface area contributed by atoms with E-state index in [9.17, 15) is 4.79 Å². The Hall–Kier alpha value is -1.86. The molecule has 1 amide bonds. The van der Waals surface area contributed by atoms with Gasteiger partial charge in [0.05, 0.1) is 5.41 Å². The first-order valence-corrected chi connectivity index (χ1v) is 7.99. The number of pyridine rings is 1. The number of nitrogens with one attached hydrogen (secondary N) is 1. The Balaban J connectivity index is 0.00000169. The van der Waals surface area contributed by atoms with E-state index in [1.165, 1.54) is 0 Å². The molecule has 3 rings (SSSR count). The summed E-state index contributed by atoms with van der Waals surface area (Å²) in [5, 5.41) is 2.95. The van der Waals surface area contributed by atoms with Crippen molar-refractivity contribution in [1.82, 2.24) is 4.98 Å². The quantitative estimate of drug-likeness (QED) is 0.803. The predicted octanol–water partition coefficient (Wildman–Crippen LogP) is 3.41. The Morgan fingerprint density at radius 2 is 1.65 bits per heavy atom. The van der Waals surface area contributed by atoms with Gasteiger partial charge in [-0.3, -0.25) is 9.78 Å². The second kappa shape index (κ2) is 10.3. The third kappa shape index (κ3) is 5.32. The van der Waals surface area contributed by atoms with Crippen molar-refractivity contribution in [2.75, 3.05) is 25.1 Å². The van der Waals surface area contributed by atoms with Gasteiger partial charge in [-0.15, -0.1) is 24.8 Å². The summed E-state index contributed by atoms with van der Waals surface area (Å²) in [5.74, 6) is 1.36. The molecule has 142 valence electrons. The van der Waals surface area contributed by atoms with E-state index in [1.54, 1.807) is 24.5 Å². The molecule has 1 aliphatic rings. The van der Waals surface area contributed by atoms with E-state index in [4.69, 9.17) is 15.2 Å². The van der Waals surface area contributed by atoms with E-state index in [0.29, 0.717) is 44.1 Å². The van der Waals surface area contributed by atoms with Crippen LogP contribution >= 0.6 is 24.8 Å². The topological polar surface area (TPSA) is 86.5 Å². The number of nitrogens with two attached hydrogens (primary N) is 1. The van der Waals surface area contributed by atoms with Gasteiger partial charge in [0.15, 0.2) is 0 Å². The van der Waals surface area contributed by atoms with Gasteiger partial charge in [0.2, 0.25) is 5.91 Å². The number of aromatic nitrogens is 1. The number of rotatable bonds is 5. The monoisotopic (exact) mass is 399 g/mol. The fraction of sp³-hybridized carbons (Fsp3) is 0.333. The zero-order chi connectivity index (χ0) is 16.8. The minimum atomic E-state index is -0.537. The molecule has 0 radical (unpaired) electrons. The number of ether oxygens (including phenoxy) is 2. The normalized spacial score (nSPS) is 15.1. The van der Waals surface area contributed by atoms with Gasteiger partial charge >= 0.3 is 0 Å². The van der Waals surface area contributed by atoms with Crippen LogP contribution in [0.3, 0.4) is 0 Å². The largest absolute Gasteiger partial charge is 0.457 e. The number of anilines is 1. The maximum Gasteiger partial charge on any atom is 0.232 e. The molecule has 3 N–H and O–H groups in total. The summed E-state index contributed by atoms with van der Waals surface area (Å²) in [5.41, 5.74) is 6.05. The van der Waals surface area contributed by atoms with Crippen molar-refractivity contribution in [3.63, 3.8) is 0 Å². The summed E-state index contributed by atoms with van der Waals surface area (Å²) in [6, 6.07) is 10.8. The number of nitrogens with zero attached hydrogens (tertiary/aromatic N) is 1. The van der Waals surface area contributed by atoms with Gasteiger partial charge in [-0.2, -0.15) is 0 Å². The van der Waals surface area contributed by atoms with Crippen molar-refractivity contribution in [2.24, 2.45) is 11.1 Å². The average Bonchev–Trinajstić information content (AvgIpc) is 2.64. The van der Waals surface area contributed by atoms with Crippen LogP contribution in [-0.2, 0) is 9.53 Å². The first-order chi connectivity index (χ1) is 11.7. The van der Waals surface area contributed by atoms with Crippen molar-refractivity contribution in [3.05, 3.63) is 48.8 Å². The molecule has 2 heterocycles. The van der Waals surface area contributed by atoms with Crippen molar-refractivity contribution in [1.29, 1.82) is 0 Å². The summed E-state index contributed by atoms with van der Waals surface area (Å²) in [7, 11) is 0. The van der Waals surface area contributed by atoms with Crippen LogP contribution in [0.1, 0.15) is 12.8 Å². The molecule has 8 heteroatoms. The lowest BCUT2D eigenvalue weighted by atomic mass is 9.79. The van der Waals surface area contributed by atoms with E-state index in [1.807, 2.05) is 24.3 Å². The van der Waals surface area contributed by atoms with Crippen LogP contribution in [0, 0.1) is 5.41 Å². The first kappa shape index (κ1) is 22.2. The Labute approximate surface area is 165 Å². The zero-order valence-electron chi connectivity index (χ0n) is 14.2. The van der Waals surface area contributed by atoms with Crippen LogP contribution in [0.2, 0.25) is 0 Å². The fourth-order valence-electron chi connectivity index (χ4n) is 2.70. The molecule has 1 aromatic heterocycles. The Morgan fingerprint density at radius 1 is 1.08 bits per heavy atom. The standard InChI is InChI=1S/C18H21N3O3.2ClH/c19-13-18(7-11-23-12-8-18)17(22)21-14-1-3-15(4-2-14)24-16-5-9-20-10-6-16;;/h1-6,9-10H,7-8,11-13,19H2,(H,21,22);2*1H. The molecule has 1 saturated heterocycles. The highest BCUT2D eigenvalue weighted by atomic mass is 35.5. The Morgan fingerprint density at radius 3 is 2.23 bits per heavy atom. The lowest BCUT2D eigenvalue weighted by molar-refractivity contribution is -0.130. The number of amides is 1. The Bertz CT molecular complexity index is 678. The summed E-state index contributed by atoms with van der Waals surface area (Å²) in [6.07, 6.45) is 4.64. The average molecular weight is 400 g/mol. The Kier molecular flexibility index (Phi) is 8.81. The van der Waals surface area contributed by atoms with Crippen molar-refractivity contribution in [2.45, 2.75) is 12.8 Å². The van der Waals surface area contributed by atoms with E-state index < -0.39 is 5.41 Å². The number of benzene rings is 1. The van der Waals surface area contributed by atoms with Crippen molar-refractivity contribution >= 4 is 36.4 Å². The highest BCUT2D eigenvalue weighted by Gasteiger charge is 2.38. The van der Waals surface area contributed by atoms with Crippen LogP contribution in [0.15, 0.2) is 48.8 Å². The lowest BCUT2D eigenvalue weighted by Gasteiger charge is -2.34. The molecular weight excluding hydrogens is 377 g/mol. The van der Waals surface area contributed by atoms with Gasteiger partial charge in [0.1, 0.15) is 11.5 Å². The summed E-state index contributed by atoms with van der Waals surface area (Å²) in [6.45, 7) is 1.47. The smallest absolute Gasteiger partial charge is 0.232 e. The predicted molar refractivity (Wildman–Crippen MR) is 105 cm³/mol. The summed E-state index contributed by atoms with van der Waals surface area (Å²) >= 11 is 0. The molecule has 0 aliphatic carbocycles. The zero-order valence-corrected chi connectivity index (χ0v) is 15.9. The minimum absolute atomic E-state index is 0. The second-order valence-corrected chi connectivity index (χ2v) is 5.86. The number of hydrogen-bond acceptors (Lipinski definition) is 5. The molecule has 26 heavy (non-hydrogen) atoms. The molecule has 6 nitrogen and oxygen atoms in total. The van der Waals surface area contributed by atoms with Crippen LogP contribution < -0.4 is 15.8 Å². The van der Waals surface area contributed by atoms with E-state index >= 15 is 0 Å². The number of carbonyl (C=O) groups is 1. The number of halogens is 2. The van der Waals surface area contributed by atoms with Gasteiger partial charge in [-0.1, -0.05) is 0 Å². The maximum absolute atomic E-state index is 12.6. The van der Waals surface area contributed by atoms with Crippen LogP contribution in [-0.4, -0.2) is 30.6 Å². The van der Waals surface area contributed by atoms with E-state index in [2.05, 4.69) is 10.3 Å². The van der Waals surface area contributed by atoms with E-state index in [-0.39, 0.29) is 30.7 Å². The maximum atomic E-state index is 12.6. The first-order valence-electron chi connectivity index (χ1n) is 7.99. The third-order valence-electron chi connectivity index (χ3n) is 4.32. The van der Waals surface area contributed by atoms with E-state index in [0.717, 1.165) is 5.69 Å². The summed E-state index contributed by atoms with van der Waals surface area (Å²) in [4.78, 5) is 16.6. The van der Waals surface area contributed by atoms with Crippen LogP contribution in [0.4, 0.5) is 5.69 Å². The van der Waals surface area contributed by atoms with Gasteiger partial charge < -0.3 is 20.5 Å².